The Morgan fingerprint density at radius 1 is 1.07 bits per heavy atom. The van der Waals surface area contributed by atoms with Crippen molar-refractivity contribution in [1.82, 2.24) is 10.2 Å². The smallest absolute Gasteiger partial charge is 0.266 e. The van der Waals surface area contributed by atoms with Gasteiger partial charge in [-0.2, -0.15) is 0 Å². The lowest BCUT2D eigenvalue weighted by atomic mass is 10.2. The third-order valence-corrected chi connectivity index (χ3v) is 5.72. The molecule has 1 heterocycles. The summed E-state index contributed by atoms with van der Waals surface area (Å²) < 4.78 is 0.541. The fourth-order valence-electron chi connectivity index (χ4n) is 2.80. The maximum Gasteiger partial charge on any atom is 0.266 e. The minimum Gasteiger partial charge on any atom is -0.352 e. The van der Waals surface area contributed by atoms with Crippen LogP contribution in [0.4, 0.5) is 0 Å². The highest BCUT2D eigenvalue weighted by molar-refractivity contribution is 8.26. The quantitative estimate of drug-likeness (QED) is 0.501. The molecular formula is C23H22N2O2S2. The molecule has 1 N–H and O–H groups in total. The first kappa shape index (κ1) is 21.0. The number of nitrogens with one attached hydrogen (secondary N) is 1. The molecule has 0 aliphatic carbocycles. The predicted octanol–water partition coefficient (Wildman–Crippen LogP) is 4.54. The van der Waals surface area contributed by atoms with Crippen molar-refractivity contribution in [3.05, 3.63) is 88.8 Å². The van der Waals surface area contributed by atoms with Gasteiger partial charge in [-0.1, -0.05) is 96.8 Å². The summed E-state index contributed by atoms with van der Waals surface area (Å²) in [5.74, 6) is -0.122. The largest absolute Gasteiger partial charge is 0.352 e. The summed E-state index contributed by atoms with van der Waals surface area (Å²) in [7, 11) is 0. The van der Waals surface area contributed by atoms with E-state index >= 15 is 0 Å². The first-order valence-corrected chi connectivity index (χ1v) is 10.6. The average Bonchev–Trinajstić information content (AvgIpc) is 3.01. The van der Waals surface area contributed by atoms with Gasteiger partial charge in [0.25, 0.3) is 5.91 Å². The van der Waals surface area contributed by atoms with E-state index in [4.69, 9.17) is 12.2 Å². The highest BCUT2D eigenvalue weighted by Gasteiger charge is 2.31. The number of nitrogens with zero attached hydrogens (tertiary/aromatic N) is 1. The van der Waals surface area contributed by atoms with Crippen LogP contribution in [0.3, 0.4) is 0 Å². The SMILES string of the molecule is O=C(CCCN1C(=O)/C(=C/C=C/c2ccccc2)SC1=S)NCc1ccccc1. The van der Waals surface area contributed by atoms with Gasteiger partial charge < -0.3 is 5.32 Å². The zero-order valence-corrected chi connectivity index (χ0v) is 17.5. The van der Waals surface area contributed by atoms with Crippen molar-refractivity contribution in [2.45, 2.75) is 19.4 Å². The molecule has 1 fully saturated rings. The van der Waals surface area contributed by atoms with E-state index in [9.17, 15) is 9.59 Å². The van der Waals surface area contributed by atoms with Gasteiger partial charge in [-0.3, -0.25) is 14.5 Å². The molecule has 1 aliphatic rings. The lowest BCUT2D eigenvalue weighted by molar-refractivity contribution is -0.124. The van der Waals surface area contributed by atoms with Gasteiger partial charge in [0.1, 0.15) is 4.32 Å². The number of amides is 2. The van der Waals surface area contributed by atoms with Crippen molar-refractivity contribution in [3.8, 4) is 0 Å². The Morgan fingerprint density at radius 2 is 1.76 bits per heavy atom. The third kappa shape index (κ3) is 6.41. The molecule has 4 nitrogen and oxygen atoms in total. The molecule has 0 aromatic heterocycles. The maximum absolute atomic E-state index is 12.6. The number of rotatable bonds is 8. The molecule has 2 aromatic carbocycles. The summed E-state index contributed by atoms with van der Waals surface area (Å²) >= 11 is 6.64. The van der Waals surface area contributed by atoms with Gasteiger partial charge in [-0.15, -0.1) is 0 Å². The van der Waals surface area contributed by atoms with Crippen LogP contribution in [-0.4, -0.2) is 27.6 Å². The molecule has 0 spiro atoms. The number of hydrogen-bond acceptors (Lipinski definition) is 4. The third-order valence-electron chi connectivity index (χ3n) is 4.33. The van der Waals surface area contributed by atoms with Crippen molar-refractivity contribution < 1.29 is 9.59 Å². The first-order valence-electron chi connectivity index (χ1n) is 9.41. The lowest BCUT2D eigenvalue weighted by Gasteiger charge is -2.14. The highest BCUT2D eigenvalue weighted by Crippen LogP contribution is 2.31. The van der Waals surface area contributed by atoms with Crippen LogP contribution in [0.5, 0.6) is 0 Å². The minimum absolute atomic E-state index is 0.0272. The number of hydrogen-bond donors (Lipinski definition) is 1. The van der Waals surface area contributed by atoms with Crippen molar-refractivity contribution in [3.63, 3.8) is 0 Å². The van der Waals surface area contributed by atoms with Crippen LogP contribution < -0.4 is 5.32 Å². The molecule has 29 heavy (non-hydrogen) atoms. The number of allylic oxidation sites excluding steroid dienone is 2. The summed E-state index contributed by atoms with van der Waals surface area (Å²) in [6, 6.07) is 19.7. The number of thiocarbonyl (C=S) groups is 1. The van der Waals surface area contributed by atoms with E-state index in [-0.39, 0.29) is 11.8 Å². The molecule has 0 radical (unpaired) electrons. The Labute approximate surface area is 180 Å². The molecule has 0 atom stereocenters. The Morgan fingerprint density at radius 3 is 2.48 bits per heavy atom. The van der Waals surface area contributed by atoms with Gasteiger partial charge in [-0.05, 0) is 23.6 Å². The number of thioether (sulfide) groups is 1. The monoisotopic (exact) mass is 422 g/mol. The lowest BCUT2D eigenvalue weighted by Crippen LogP contribution is -2.30. The van der Waals surface area contributed by atoms with Crippen molar-refractivity contribution >= 4 is 46.2 Å². The second-order valence-electron chi connectivity index (χ2n) is 6.49. The predicted molar refractivity (Wildman–Crippen MR) is 123 cm³/mol. The topological polar surface area (TPSA) is 49.4 Å². The zero-order valence-electron chi connectivity index (χ0n) is 15.9. The van der Waals surface area contributed by atoms with E-state index < -0.39 is 0 Å². The van der Waals surface area contributed by atoms with E-state index in [1.807, 2.05) is 72.8 Å². The van der Waals surface area contributed by atoms with Crippen LogP contribution in [0.15, 0.2) is 77.7 Å². The van der Waals surface area contributed by atoms with Gasteiger partial charge in [0.2, 0.25) is 5.91 Å². The highest BCUT2D eigenvalue weighted by atomic mass is 32.2. The fraction of sp³-hybridized carbons (Fsp3) is 0.174. The maximum atomic E-state index is 12.6. The second kappa shape index (κ2) is 10.7. The van der Waals surface area contributed by atoms with Crippen LogP contribution in [0.25, 0.3) is 6.08 Å². The van der Waals surface area contributed by atoms with Crippen LogP contribution in [0.1, 0.15) is 24.0 Å². The number of carbonyl (C=O) groups excluding carboxylic acids is 2. The Kier molecular flexibility index (Phi) is 7.78. The molecule has 3 rings (SSSR count). The standard InChI is InChI=1S/C23H22N2O2S2/c26-21(24-17-19-11-5-2-6-12-19)15-8-16-25-22(27)20(29-23(25)28)14-7-13-18-9-3-1-4-10-18/h1-7,9-14H,8,15-17H2,(H,24,26)/b13-7+,20-14-. The summed E-state index contributed by atoms with van der Waals surface area (Å²) in [4.78, 5) is 26.8. The molecule has 0 unspecified atom stereocenters. The fourth-order valence-corrected chi connectivity index (χ4v) is 4.06. The molecule has 2 amide bonds. The summed E-state index contributed by atoms with van der Waals surface area (Å²) in [6.45, 7) is 0.959. The van der Waals surface area contributed by atoms with E-state index in [0.29, 0.717) is 35.2 Å². The van der Waals surface area contributed by atoms with Crippen LogP contribution in [-0.2, 0) is 16.1 Å². The number of carbonyl (C=O) groups is 2. The van der Waals surface area contributed by atoms with E-state index in [1.54, 1.807) is 11.0 Å². The molecule has 1 aliphatic heterocycles. The zero-order chi connectivity index (χ0) is 20.5. The second-order valence-corrected chi connectivity index (χ2v) is 8.17. The van der Waals surface area contributed by atoms with Crippen LogP contribution >= 0.6 is 24.0 Å². The Bertz CT molecular complexity index is 924. The van der Waals surface area contributed by atoms with Crippen LogP contribution in [0, 0.1) is 0 Å². The molecule has 1 saturated heterocycles. The summed E-state index contributed by atoms with van der Waals surface area (Å²) in [5, 5.41) is 2.90. The molecule has 0 bridgehead atoms. The Hall–Kier alpha value is -2.70. The van der Waals surface area contributed by atoms with Crippen molar-refractivity contribution in [2.75, 3.05) is 6.54 Å². The molecule has 0 saturated carbocycles. The van der Waals surface area contributed by atoms with Gasteiger partial charge in [0, 0.05) is 19.5 Å². The first-order chi connectivity index (χ1) is 14.1. The normalized spacial score (nSPS) is 15.4. The van der Waals surface area contributed by atoms with E-state index in [1.165, 1.54) is 11.8 Å². The van der Waals surface area contributed by atoms with E-state index in [0.717, 1.165) is 11.1 Å². The average molecular weight is 423 g/mol. The van der Waals surface area contributed by atoms with Gasteiger partial charge in [-0.25, -0.2) is 0 Å². The van der Waals surface area contributed by atoms with Gasteiger partial charge >= 0.3 is 0 Å². The summed E-state index contributed by atoms with van der Waals surface area (Å²) in [6.07, 6.45) is 6.53. The summed E-state index contributed by atoms with van der Waals surface area (Å²) in [5.41, 5.74) is 2.13. The van der Waals surface area contributed by atoms with Gasteiger partial charge in [0.15, 0.2) is 0 Å². The van der Waals surface area contributed by atoms with Crippen LogP contribution in [0.2, 0.25) is 0 Å². The molecule has 2 aromatic rings. The van der Waals surface area contributed by atoms with Crippen molar-refractivity contribution in [2.24, 2.45) is 0 Å². The van der Waals surface area contributed by atoms with E-state index in [2.05, 4.69) is 5.32 Å². The van der Waals surface area contributed by atoms with Crippen molar-refractivity contribution in [1.29, 1.82) is 0 Å². The molecule has 6 heteroatoms. The minimum atomic E-state index is -0.0950. The number of benzene rings is 2. The molecule has 148 valence electrons. The Balaban J connectivity index is 1.44. The molecular weight excluding hydrogens is 400 g/mol. The van der Waals surface area contributed by atoms with Gasteiger partial charge in [0.05, 0.1) is 4.91 Å².